The highest BCUT2D eigenvalue weighted by Gasteiger charge is 1.94. The van der Waals surface area contributed by atoms with Crippen LogP contribution in [0.15, 0.2) is 48.7 Å². The summed E-state index contributed by atoms with van der Waals surface area (Å²) in [5, 5.41) is 17.3. The average molecular weight is 212 g/mol. The highest BCUT2D eigenvalue weighted by molar-refractivity contribution is 5.56. The maximum atomic E-state index is 9.53. The molecule has 0 aliphatic carbocycles. The number of rotatable bonds is 3. The minimum atomic E-state index is 0.290. The van der Waals surface area contributed by atoms with Crippen LogP contribution in [0.25, 0.3) is 6.08 Å². The van der Waals surface area contributed by atoms with E-state index in [2.05, 4.69) is 10.2 Å². The third-order valence-corrected chi connectivity index (χ3v) is 2.19. The van der Waals surface area contributed by atoms with Crippen LogP contribution in [0.4, 0.5) is 0 Å². The monoisotopic (exact) mass is 212 g/mol. The molecule has 1 heterocycles. The molecular formula is C13H12N2O. The van der Waals surface area contributed by atoms with Crippen LogP contribution >= 0.6 is 0 Å². The van der Waals surface area contributed by atoms with E-state index in [1.54, 1.807) is 18.3 Å². The van der Waals surface area contributed by atoms with Gasteiger partial charge < -0.3 is 5.11 Å². The summed E-state index contributed by atoms with van der Waals surface area (Å²) < 4.78 is 0. The molecule has 80 valence electrons. The van der Waals surface area contributed by atoms with Crippen molar-refractivity contribution in [1.82, 2.24) is 10.2 Å². The van der Waals surface area contributed by atoms with Gasteiger partial charge in [-0.15, -0.1) is 0 Å². The Labute approximate surface area is 94.1 Å². The smallest absolute Gasteiger partial charge is 0.122 e. The molecule has 0 radical (unpaired) electrons. The van der Waals surface area contributed by atoms with E-state index in [4.69, 9.17) is 0 Å². The first-order valence-corrected chi connectivity index (χ1v) is 5.07. The van der Waals surface area contributed by atoms with Crippen LogP contribution in [0.2, 0.25) is 0 Å². The zero-order valence-electron chi connectivity index (χ0n) is 8.74. The highest BCUT2D eigenvalue weighted by atomic mass is 16.3. The molecule has 1 aromatic carbocycles. The lowest BCUT2D eigenvalue weighted by atomic mass is 10.1. The van der Waals surface area contributed by atoms with Gasteiger partial charge in [-0.1, -0.05) is 30.4 Å². The fourth-order valence-corrected chi connectivity index (χ4v) is 1.38. The van der Waals surface area contributed by atoms with E-state index in [0.29, 0.717) is 6.42 Å². The Morgan fingerprint density at radius 1 is 1.12 bits per heavy atom. The highest BCUT2D eigenvalue weighted by Crippen LogP contribution is 2.17. The zero-order chi connectivity index (χ0) is 11.2. The van der Waals surface area contributed by atoms with Crippen molar-refractivity contribution >= 4 is 6.08 Å². The summed E-state index contributed by atoms with van der Waals surface area (Å²) in [5.74, 6) is 0.290. The van der Waals surface area contributed by atoms with Gasteiger partial charge in [-0.3, -0.25) is 0 Å². The van der Waals surface area contributed by atoms with Crippen molar-refractivity contribution < 1.29 is 5.11 Å². The summed E-state index contributed by atoms with van der Waals surface area (Å²) in [4.78, 5) is 0. The molecule has 0 aliphatic heterocycles. The fourth-order valence-electron chi connectivity index (χ4n) is 1.38. The molecule has 16 heavy (non-hydrogen) atoms. The van der Waals surface area contributed by atoms with Crippen molar-refractivity contribution in [2.24, 2.45) is 0 Å². The number of phenols is 1. The van der Waals surface area contributed by atoms with Gasteiger partial charge in [-0.05, 0) is 18.2 Å². The largest absolute Gasteiger partial charge is 0.507 e. The molecule has 2 aromatic rings. The Hall–Kier alpha value is -2.16. The first-order valence-electron chi connectivity index (χ1n) is 5.07. The van der Waals surface area contributed by atoms with Crippen LogP contribution in [-0.2, 0) is 6.42 Å². The Balaban J connectivity index is 2.03. The third-order valence-electron chi connectivity index (χ3n) is 2.19. The van der Waals surface area contributed by atoms with Gasteiger partial charge in [0.05, 0.1) is 5.69 Å². The average Bonchev–Trinajstić information content (AvgIpc) is 2.33. The van der Waals surface area contributed by atoms with Gasteiger partial charge in [-0.25, -0.2) is 0 Å². The second-order valence-corrected chi connectivity index (χ2v) is 3.38. The minimum absolute atomic E-state index is 0.290. The van der Waals surface area contributed by atoms with Gasteiger partial charge in [0.2, 0.25) is 0 Å². The van der Waals surface area contributed by atoms with Crippen molar-refractivity contribution in [2.75, 3.05) is 0 Å². The Kier molecular flexibility index (Phi) is 3.28. The van der Waals surface area contributed by atoms with Crippen LogP contribution in [0.3, 0.4) is 0 Å². The standard InChI is InChI=1S/C13H12N2O/c16-13-9-2-1-5-11(13)6-3-7-12-8-4-10-14-15-12/h1-6,8-10,16H,7H2. The van der Waals surface area contributed by atoms with Crippen molar-refractivity contribution in [1.29, 1.82) is 0 Å². The summed E-state index contributed by atoms with van der Waals surface area (Å²) >= 11 is 0. The summed E-state index contributed by atoms with van der Waals surface area (Å²) in [6.07, 6.45) is 6.20. The maximum Gasteiger partial charge on any atom is 0.122 e. The van der Waals surface area contributed by atoms with E-state index >= 15 is 0 Å². The van der Waals surface area contributed by atoms with Gasteiger partial charge in [0.15, 0.2) is 0 Å². The van der Waals surface area contributed by atoms with Gasteiger partial charge in [0, 0.05) is 18.2 Å². The number of hydrogen-bond acceptors (Lipinski definition) is 3. The molecule has 0 bridgehead atoms. The second-order valence-electron chi connectivity index (χ2n) is 3.38. The molecule has 2 rings (SSSR count). The number of aromatic hydroxyl groups is 1. The number of para-hydroxylation sites is 1. The quantitative estimate of drug-likeness (QED) is 0.850. The van der Waals surface area contributed by atoms with E-state index in [1.165, 1.54) is 0 Å². The lowest BCUT2D eigenvalue weighted by molar-refractivity contribution is 0.474. The minimum Gasteiger partial charge on any atom is -0.507 e. The predicted molar refractivity (Wildman–Crippen MR) is 62.9 cm³/mol. The van der Waals surface area contributed by atoms with Crippen molar-refractivity contribution in [3.8, 4) is 5.75 Å². The molecule has 3 nitrogen and oxygen atoms in total. The van der Waals surface area contributed by atoms with Crippen molar-refractivity contribution in [2.45, 2.75) is 6.42 Å². The molecule has 1 N–H and O–H groups in total. The molecule has 3 heteroatoms. The molecule has 1 aromatic heterocycles. The molecule has 0 aliphatic rings. The molecule has 0 spiro atoms. The van der Waals surface area contributed by atoms with E-state index in [-0.39, 0.29) is 5.75 Å². The number of allylic oxidation sites excluding steroid dienone is 1. The van der Waals surface area contributed by atoms with E-state index < -0.39 is 0 Å². The Bertz CT molecular complexity index is 480. The van der Waals surface area contributed by atoms with E-state index in [0.717, 1.165) is 11.3 Å². The molecule has 0 saturated heterocycles. The van der Waals surface area contributed by atoms with Gasteiger partial charge in [0.25, 0.3) is 0 Å². The first kappa shape index (κ1) is 10.4. The molecule has 0 fully saturated rings. The number of nitrogens with zero attached hydrogens (tertiary/aromatic N) is 2. The number of aromatic nitrogens is 2. The lowest BCUT2D eigenvalue weighted by Crippen LogP contribution is -1.88. The summed E-state index contributed by atoms with van der Waals surface area (Å²) in [6, 6.07) is 11.0. The van der Waals surface area contributed by atoms with Crippen LogP contribution in [-0.4, -0.2) is 15.3 Å². The third kappa shape index (κ3) is 2.67. The van der Waals surface area contributed by atoms with Crippen LogP contribution in [0, 0.1) is 0 Å². The lowest BCUT2D eigenvalue weighted by Gasteiger charge is -1.97. The maximum absolute atomic E-state index is 9.53. The Morgan fingerprint density at radius 2 is 2.00 bits per heavy atom. The molecule has 0 atom stereocenters. The van der Waals surface area contributed by atoms with Gasteiger partial charge in [0.1, 0.15) is 5.75 Å². The summed E-state index contributed by atoms with van der Waals surface area (Å²) in [5.41, 5.74) is 1.72. The normalized spacial score (nSPS) is 10.8. The van der Waals surface area contributed by atoms with Gasteiger partial charge in [-0.2, -0.15) is 10.2 Å². The van der Waals surface area contributed by atoms with Crippen molar-refractivity contribution in [3.05, 3.63) is 59.9 Å². The molecule has 0 amide bonds. The topological polar surface area (TPSA) is 46.0 Å². The summed E-state index contributed by atoms with van der Waals surface area (Å²) in [6.45, 7) is 0. The zero-order valence-corrected chi connectivity index (χ0v) is 8.74. The van der Waals surface area contributed by atoms with Crippen molar-refractivity contribution in [3.63, 3.8) is 0 Å². The molecule has 0 unspecified atom stereocenters. The van der Waals surface area contributed by atoms with Crippen LogP contribution in [0.5, 0.6) is 5.75 Å². The first-order chi connectivity index (χ1) is 7.86. The second kappa shape index (κ2) is 5.07. The predicted octanol–water partition coefficient (Wildman–Crippen LogP) is 2.44. The van der Waals surface area contributed by atoms with E-state index in [1.807, 2.05) is 36.4 Å². The molecule has 0 saturated carbocycles. The Morgan fingerprint density at radius 3 is 2.75 bits per heavy atom. The number of hydrogen-bond donors (Lipinski definition) is 1. The summed E-state index contributed by atoms with van der Waals surface area (Å²) in [7, 11) is 0. The van der Waals surface area contributed by atoms with Crippen LogP contribution in [0.1, 0.15) is 11.3 Å². The number of phenolic OH excluding ortho intramolecular Hbond substituents is 1. The van der Waals surface area contributed by atoms with E-state index in [9.17, 15) is 5.11 Å². The fraction of sp³-hybridized carbons (Fsp3) is 0.0769. The number of benzene rings is 1. The van der Waals surface area contributed by atoms with Gasteiger partial charge >= 0.3 is 0 Å². The molecular weight excluding hydrogens is 200 g/mol. The SMILES string of the molecule is Oc1ccccc1C=CCc1cccnn1. The van der Waals surface area contributed by atoms with Crippen LogP contribution < -0.4 is 0 Å².